The van der Waals surface area contributed by atoms with E-state index in [1.165, 1.54) is 36.8 Å². The molecule has 7 nitrogen and oxygen atoms in total. The molecule has 1 saturated heterocycles. The van der Waals surface area contributed by atoms with Crippen LogP contribution < -0.4 is 19.7 Å². The van der Waals surface area contributed by atoms with Gasteiger partial charge in [0.25, 0.3) is 5.91 Å². The number of sulfonamides is 1. The molecular formula is C27H33N3O4S. The third-order valence-electron chi connectivity index (χ3n) is 8.11. The van der Waals surface area contributed by atoms with Crippen molar-refractivity contribution >= 4 is 33.0 Å². The van der Waals surface area contributed by atoms with Crippen LogP contribution in [0.5, 0.6) is 5.75 Å². The monoisotopic (exact) mass is 495 g/mol. The van der Waals surface area contributed by atoms with E-state index in [0.717, 1.165) is 49.5 Å². The molecule has 8 heteroatoms. The van der Waals surface area contributed by atoms with Crippen molar-refractivity contribution in [3.8, 4) is 5.75 Å². The van der Waals surface area contributed by atoms with E-state index in [4.69, 9.17) is 4.74 Å². The molecular weight excluding hydrogens is 462 g/mol. The predicted octanol–water partition coefficient (Wildman–Crippen LogP) is 4.89. The number of fused-ring (bicyclic) bond motifs is 1. The summed E-state index contributed by atoms with van der Waals surface area (Å²) in [4.78, 5) is 15.8. The number of piperidine rings is 1. The maximum absolute atomic E-state index is 13.6. The number of benzene rings is 2. The van der Waals surface area contributed by atoms with Crippen LogP contribution in [0.15, 0.2) is 30.3 Å². The quantitative estimate of drug-likeness (QED) is 0.571. The van der Waals surface area contributed by atoms with E-state index in [-0.39, 0.29) is 11.7 Å². The molecule has 186 valence electrons. The van der Waals surface area contributed by atoms with Gasteiger partial charge in [-0.25, -0.2) is 8.42 Å². The van der Waals surface area contributed by atoms with E-state index >= 15 is 0 Å². The summed E-state index contributed by atoms with van der Waals surface area (Å²) >= 11 is 0. The van der Waals surface area contributed by atoms with Crippen molar-refractivity contribution in [1.82, 2.24) is 0 Å². The topological polar surface area (TPSA) is 87.7 Å². The molecule has 35 heavy (non-hydrogen) atoms. The van der Waals surface area contributed by atoms with Gasteiger partial charge in [0.2, 0.25) is 10.0 Å². The second kappa shape index (κ2) is 8.43. The Morgan fingerprint density at radius 2 is 1.86 bits per heavy atom. The summed E-state index contributed by atoms with van der Waals surface area (Å²) in [5.41, 5.74) is 5.55. The molecule has 0 unspecified atom stereocenters. The lowest BCUT2D eigenvalue weighted by Gasteiger charge is -2.35. The number of rotatable bonds is 7. The van der Waals surface area contributed by atoms with Gasteiger partial charge in [0, 0.05) is 25.2 Å². The smallest absolute Gasteiger partial charge is 0.257 e. The number of carbonyl (C=O) groups is 1. The molecule has 0 aromatic heterocycles. The van der Waals surface area contributed by atoms with Crippen molar-refractivity contribution in [3.05, 3.63) is 47.0 Å². The van der Waals surface area contributed by atoms with Crippen molar-refractivity contribution < 1.29 is 17.9 Å². The standard InChI is InChI=1S/C27H33N3O4S/c1-2-35(32,33)29-20-5-6-22(24(17-20)30-12-10-27(8-9-27)11-13-30)26(31)28-21-15-19-7-14-34-25(19)23(16-21)18-3-4-18/h5-6,15-18,29H,2-4,7-14H2,1H3,(H,28,31). The average Bonchev–Trinajstić information content (AvgIpc) is 3.77. The molecule has 4 aliphatic rings. The fraction of sp³-hybridized carbons (Fsp3) is 0.519. The maximum Gasteiger partial charge on any atom is 0.257 e. The van der Waals surface area contributed by atoms with Crippen LogP contribution in [-0.2, 0) is 16.4 Å². The summed E-state index contributed by atoms with van der Waals surface area (Å²) in [6.45, 7) is 4.07. The van der Waals surface area contributed by atoms with E-state index in [0.29, 0.717) is 29.2 Å². The van der Waals surface area contributed by atoms with Gasteiger partial charge >= 0.3 is 0 Å². The highest BCUT2D eigenvalue weighted by Crippen LogP contribution is 2.54. The lowest BCUT2D eigenvalue weighted by atomic mass is 9.93. The van der Waals surface area contributed by atoms with Crippen LogP contribution in [-0.4, -0.2) is 39.8 Å². The maximum atomic E-state index is 13.6. The average molecular weight is 496 g/mol. The Morgan fingerprint density at radius 1 is 1.09 bits per heavy atom. The zero-order valence-corrected chi connectivity index (χ0v) is 21.0. The fourth-order valence-electron chi connectivity index (χ4n) is 5.51. The third-order valence-corrected chi connectivity index (χ3v) is 9.41. The molecule has 2 aromatic carbocycles. The Morgan fingerprint density at radius 3 is 2.54 bits per heavy atom. The van der Waals surface area contributed by atoms with E-state index < -0.39 is 10.0 Å². The molecule has 3 fully saturated rings. The highest BCUT2D eigenvalue weighted by atomic mass is 32.2. The highest BCUT2D eigenvalue weighted by molar-refractivity contribution is 7.92. The minimum Gasteiger partial charge on any atom is -0.493 e. The van der Waals surface area contributed by atoms with Gasteiger partial charge < -0.3 is 15.0 Å². The van der Waals surface area contributed by atoms with E-state index in [1.807, 2.05) is 12.1 Å². The molecule has 1 spiro atoms. The van der Waals surface area contributed by atoms with Gasteiger partial charge in [-0.1, -0.05) is 0 Å². The van der Waals surface area contributed by atoms with E-state index in [9.17, 15) is 13.2 Å². The summed E-state index contributed by atoms with van der Waals surface area (Å²) in [5.74, 6) is 1.38. The van der Waals surface area contributed by atoms with Gasteiger partial charge in [0.15, 0.2) is 0 Å². The van der Waals surface area contributed by atoms with Crippen molar-refractivity contribution in [1.29, 1.82) is 0 Å². The molecule has 2 saturated carbocycles. The second-order valence-corrected chi connectivity index (χ2v) is 12.6. The van der Waals surface area contributed by atoms with Crippen LogP contribution in [0, 0.1) is 5.41 Å². The number of anilines is 3. The number of hydrogen-bond acceptors (Lipinski definition) is 5. The molecule has 0 atom stereocenters. The van der Waals surface area contributed by atoms with Crippen LogP contribution in [0.4, 0.5) is 17.1 Å². The van der Waals surface area contributed by atoms with Crippen LogP contribution in [0.1, 0.15) is 72.9 Å². The molecule has 2 aliphatic carbocycles. The van der Waals surface area contributed by atoms with Crippen LogP contribution in [0.2, 0.25) is 0 Å². The first-order valence-electron chi connectivity index (χ1n) is 12.9. The second-order valence-electron chi connectivity index (χ2n) is 10.6. The minimum absolute atomic E-state index is 0.00216. The molecule has 2 aliphatic heterocycles. The Hall–Kier alpha value is -2.74. The first-order chi connectivity index (χ1) is 16.8. The van der Waals surface area contributed by atoms with Gasteiger partial charge in [-0.2, -0.15) is 0 Å². The van der Waals surface area contributed by atoms with E-state index in [2.05, 4.69) is 21.0 Å². The number of hydrogen-bond donors (Lipinski definition) is 2. The SMILES string of the molecule is CCS(=O)(=O)Nc1ccc(C(=O)Nc2cc3c(c(C4CC4)c2)OCC3)c(N2CCC3(CC2)CC3)c1. The number of ether oxygens (including phenoxy) is 1. The van der Waals surface area contributed by atoms with Gasteiger partial charge in [-0.3, -0.25) is 9.52 Å². The number of nitrogens with one attached hydrogen (secondary N) is 2. The molecule has 6 rings (SSSR count). The summed E-state index contributed by atoms with van der Waals surface area (Å²) < 4.78 is 32.9. The lowest BCUT2D eigenvalue weighted by molar-refractivity contribution is 0.102. The molecule has 2 heterocycles. The third kappa shape index (κ3) is 4.60. The first-order valence-corrected chi connectivity index (χ1v) is 14.5. The normalized spacial score (nSPS) is 20.3. The van der Waals surface area contributed by atoms with Crippen molar-refractivity contribution in [2.75, 3.05) is 40.4 Å². The van der Waals surface area contributed by atoms with E-state index in [1.54, 1.807) is 19.1 Å². The molecule has 0 radical (unpaired) electrons. The van der Waals surface area contributed by atoms with Crippen LogP contribution in [0.25, 0.3) is 0 Å². The van der Waals surface area contributed by atoms with Crippen LogP contribution in [0.3, 0.4) is 0 Å². The van der Waals surface area contributed by atoms with Crippen molar-refractivity contribution in [2.24, 2.45) is 5.41 Å². The Balaban J connectivity index is 1.30. The summed E-state index contributed by atoms with van der Waals surface area (Å²) in [6.07, 6.45) is 8.05. The predicted molar refractivity (Wildman–Crippen MR) is 138 cm³/mol. The first kappa shape index (κ1) is 22.7. The largest absolute Gasteiger partial charge is 0.493 e. The molecule has 2 aromatic rings. The zero-order chi connectivity index (χ0) is 24.2. The van der Waals surface area contributed by atoms with Crippen molar-refractivity contribution in [3.63, 3.8) is 0 Å². The minimum atomic E-state index is -3.40. The lowest BCUT2D eigenvalue weighted by Crippen LogP contribution is -2.35. The van der Waals surface area contributed by atoms with Crippen molar-refractivity contribution in [2.45, 2.75) is 57.8 Å². The summed E-state index contributed by atoms with van der Waals surface area (Å²) in [5, 5.41) is 3.14. The van der Waals surface area contributed by atoms with Gasteiger partial charge in [-0.05, 0) is 98.2 Å². The highest BCUT2D eigenvalue weighted by Gasteiger charge is 2.44. The van der Waals surface area contributed by atoms with Gasteiger partial charge in [0.05, 0.1) is 29.3 Å². The fourth-order valence-corrected chi connectivity index (χ4v) is 6.14. The molecule has 1 amide bonds. The summed E-state index contributed by atoms with van der Waals surface area (Å²) in [7, 11) is -3.40. The number of nitrogens with zero attached hydrogens (tertiary/aromatic N) is 1. The molecule has 0 bridgehead atoms. The van der Waals surface area contributed by atoms with Gasteiger partial charge in [-0.15, -0.1) is 0 Å². The molecule has 2 N–H and O–H groups in total. The zero-order valence-electron chi connectivity index (χ0n) is 20.2. The Kier molecular flexibility index (Phi) is 5.47. The number of carbonyl (C=O) groups excluding carboxylic acids is 1. The Labute approximate surface area is 207 Å². The number of amides is 1. The Bertz CT molecular complexity index is 1270. The van der Waals surface area contributed by atoms with Gasteiger partial charge in [0.1, 0.15) is 5.75 Å². The summed E-state index contributed by atoms with van der Waals surface area (Å²) in [6, 6.07) is 9.36. The van der Waals surface area contributed by atoms with Crippen LogP contribution >= 0.6 is 0 Å².